The van der Waals surface area contributed by atoms with Crippen molar-refractivity contribution in [3.63, 3.8) is 0 Å². The Labute approximate surface area is 121 Å². The summed E-state index contributed by atoms with van der Waals surface area (Å²) >= 11 is 0. The quantitative estimate of drug-likeness (QED) is 0.931. The molecule has 3 rings (SSSR count). The Morgan fingerprint density at radius 3 is 2.55 bits per heavy atom. The van der Waals surface area contributed by atoms with E-state index in [-0.39, 0.29) is 6.04 Å². The third kappa shape index (κ3) is 2.91. The average molecular weight is 293 g/mol. The highest BCUT2D eigenvalue weighted by atomic mass is 32.2. The van der Waals surface area contributed by atoms with Gasteiger partial charge in [0.25, 0.3) is 0 Å². The molecule has 0 saturated heterocycles. The lowest BCUT2D eigenvalue weighted by Gasteiger charge is -2.18. The van der Waals surface area contributed by atoms with Crippen LogP contribution in [0.4, 0.5) is 0 Å². The van der Waals surface area contributed by atoms with Gasteiger partial charge < -0.3 is 0 Å². The molecule has 20 heavy (non-hydrogen) atoms. The molecule has 1 aromatic rings. The molecule has 2 unspecified atom stereocenters. The maximum Gasteiger partial charge on any atom is 0.240 e. The third-order valence-electron chi connectivity index (χ3n) is 4.65. The zero-order valence-electron chi connectivity index (χ0n) is 12.1. The standard InChI is InChI=1S/C16H23NO2S/c1-12-6-8-15(10-12)17-20(18,19)16-9-7-13-4-2-3-5-14(13)11-16/h7,9,11-12,15,17H,2-6,8,10H2,1H3. The van der Waals surface area contributed by atoms with Crippen molar-refractivity contribution in [2.75, 3.05) is 0 Å². The summed E-state index contributed by atoms with van der Waals surface area (Å²) < 4.78 is 27.8. The van der Waals surface area contributed by atoms with E-state index in [1.807, 2.05) is 12.1 Å². The van der Waals surface area contributed by atoms with Crippen LogP contribution in [0.5, 0.6) is 0 Å². The van der Waals surface area contributed by atoms with Crippen LogP contribution in [0.3, 0.4) is 0 Å². The number of nitrogens with one attached hydrogen (secondary N) is 1. The van der Waals surface area contributed by atoms with Gasteiger partial charge in [-0.15, -0.1) is 0 Å². The van der Waals surface area contributed by atoms with Crippen molar-refractivity contribution in [3.8, 4) is 0 Å². The number of sulfonamides is 1. The number of rotatable bonds is 3. The number of aryl methyl sites for hydroxylation is 2. The third-order valence-corrected chi connectivity index (χ3v) is 6.17. The summed E-state index contributed by atoms with van der Waals surface area (Å²) in [5, 5.41) is 0. The highest BCUT2D eigenvalue weighted by molar-refractivity contribution is 7.89. The van der Waals surface area contributed by atoms with Crippen molar-refractivity contribution in [1.29, 1.82) is 0 Å². The monoisotopic (exact) mass is 293 g/mol. The Kier molecular flexibility index (Phi) is 3.87. The van der Waals surface area contributed by atoms with E-state index in [1.165, 1.54) is 24.0 Å². The van der Waals surface area contributed by atoms with E-state index in [2.05, 4.69) is 11.6 Å². The maximum absolute atomic E-state index is 12.5. The van der Waals surface area contributed by atoms with E-state index < -0.39 is 10.0 Å². The maximum atomic E-state index is 12.5. The first-order chi connectivity index (χ1) is 9.54. The van der Waals surface area contributed by atoms with Gasteiger partial charge in [-0.1, -0.05) is 13.0 Å². The van der Waals surface area contributed by atoms with Gasteiger partial charge in [0.15, 0.2) is 0 Å². The zero-order chi connectivity index (χ0) is 14.2. The number of benzene rings is 1. The summed E-state index contributed by atoms with van der Waals surface area (Å²) in [6.07, 6.45) is 7.54. The first-order valence-corrected chi connectivity index (χ1v) is 9.17. The Bertz CT molecular complexity index is 594. The molecule has 0 aromatic heterocycles. The minimum Gasteiger partial charge on any atom is -0.208 e. The molecule has 1 aromatic carbocycles. The van der Waals surface area contributed by atoms with E-state index >= 15 is 0 Å². The molecule has 110 valence electrons. The van der Waals surface area contributed by atoms with E-state index in [0.717, 1.165) is 32.1 Å². The van der Waals surface area contributed by atoms with Crippen LogP contribution in [0.1, 0.15) is 50.2 Å². The van der Waals surface area contributed by atoms with Gasteiger partial charge in [-0.25, -0.2) is 13.1 Å². The molecule has 4 heteroatoms. The lowest BCUT2D eigenvalue weighted by atomic mass is 9.92. The predicted molar refractivity (Wildman–Crippen MR) is 80.2 cm³/mol. The zero-order valence-corrected chi connectivity index (χ0v) is 12.9. The summed E-state index contributed by atoms with van der Waals surface area (Å²) in [7, 11) is -3.35. The van der Waals surface area contributed by atoms with Gasteiger partial charge in [-0.05, 0) is 74.1 Å². The van der Waals surface area contributed by atoms with Crippen LogP contribution >= 0.6 is 0 Å². The van der Waals surface area contributed by atoms with Crippen molar-refractivity contribution in [2.24, 2.45) is 5.92 Å². The van der Waals surface area contributed by atoms with Crippen molar-refractivity contribution < 1.29 is 8.42 Å². The molecular weight excluding hydrogens is 270 g/mol. The second-order valence-electron chi connectivity index (χ2n) is 6.37. The van der Waals surface area contributed by atoms with Crippen LogP contribution < -0.4 is 4.72 Å². The molecule has 2 aliphatic carbocycles. The van der Waals surface area contributed by atoms with Gasteiger partial charge in [-0.2, -0.15) is 0 Å². The molecule has 0 bridgehead atoms. The lowest BCUT2D eigenvalue weighted by molar-refractivity contribution is 0.538. The van der Waals surface area contributed by atoms with Crippen LogP contribution in [0.25, 0.3) is 0 Å². The summed E-state index contributed by atoms with van der Waals surface area (Å²) in [5.41, 5.74) is 2.55. The van der Waals surface area contributed by atoms with Crippen LogP contribution in [0.15, 0.2) is 23.1 Å². The molecule has 0 aliphatic heterocycles. The minimum absolute atomic E-state index is 0.117. The van der Waals surface area contributed by atoms with Gasteiger partial charge in [-0.3, -0.25) is 0 Å². The highest BCUT2D eigenvalue weighted by Crippen LogP contribution is 2.27. The van der Waals surface area contributed by atoms with Gasteiger partial charge in [0, 0.05) is 6.04 Å². The molecule has 3 nitrogen and oxygen atoms in total. The van der Waals surface area contributed by atoms with Crippen molar-refractivity contribution in [3.05, 3.63) is 29.3 Å². The minimum atomic E-state index is -3.35. The molecule has 2 atom stereocenters. The van der Waals surface area contributed by atoms with Crippen molar-refractivity contribution in [1.82, 2.24) is 4.72 Å². The van der Waals surface area contributed by atoms with E-state index in [1.54, 1.807) is 6.07 Å². The number of hydrogen-bond donors (Lipinski definition) is 1. The van der Waals surface area contributed by atoms with Crippen molar-refractivity contribution in [2.45, 2.75) is 62.8 Å². The molecule has 0 radical (unpaired) electrons. The summed E-state index contributed by atoms with van der Waals surface area (Å²) in [6.45, 7) is 2.19. The normalized spacial score (nSPS) is 26.4. The number of hydrogen-bond acceptors (Lipinski definition) is 2. The lowest BCUT2D eigenvalue weighted by Crippen LogP contribution is -2.33. The largest absolute Gasteiger partial charge is 0.240 e. The second-order valence-corrected chi connectivity index (χ2v) is 8.09. The molecule has 1 N–H and O–H groups in total. The summed E-state index contributed by atoms with van der Waals surface area (Å²) in [6, 6.07) is 5.77. The number of fused-ring (bicyclic) bond motifs is 1. The van der Waals surface area contributed by atoms with Gasteiger partial charge >= 0.3 is 0 Å². The van der Waals surface area contributed by atoms with Crippen molar-refractivity contribution >= 4 is 10.0 Å². The SMILES string of the molecule is CC1CCC(NS(=O)(=O)c2ccc3c(c2)CCCC3)C1. The average Bonchev–Trinajstić information content (AvgIpc) is 2.83. The van der Waals surface area contributed by atoms with Gasteiger partial charge in [0.2, 0.25) is 10.0 Å². The Morgan fingerprint density at radius 1 is 1.10 bits per heavy atom. The molecule has 0 amide bonds. The van der Waals surface area contributed by atoms with E-state index in [9.17, 15) is 8.42 Å². The van der Waals surface area contributed by atoms with E-state index in [4.69, 9.17) is 0 Å². The molecular formula is C16H23NO2S. The summed E-state index contributed by atoms with van der Waals surface area (Å²) in [5.74, 6) is 0.631. The predicted octanol–water partition coefficient (Wildman–Crippen LogP) is 3.03. The Balaban J connectivity index is 1.80. The van der Waals surface area contributed by atoms with Crippen LogP contribution in [0.2, 0.25) is 0 Å². The first-order valence-electron chi connectivity index (χ1n) is 7.69. The van der Waals surface area contributed by atoms with Gasteiger partial charge in [0.05, 0.1) is 4.90 Å². The van der Waals surface area contributed by atoms with Gasteiger partial charge in [0.1, 0.15) is 0 Å². The fraction of sp³-hybridized carbons (Fsp3) is 0.625. The smallest absolute Gasteiger partial charge is 0.208 e. The van der Waals surface area contributed by atoms with Crippen LogP contribution in [0, 0.1) is 5.92 Å². The van der Waals surface area contributed by atoms with Crippen LogP contribution in [-0.2, 0) is 22.9 Å². The first kappa shape index (κ1) is 14.1. The highest BCUT2D eigenvalue weighted by Gasteiger charge is 2.27. The second kappa shape index (κ2) is 5.49. The fourth-order valence-electron chi connectivity index (χ4n) is 3.48. The fourth-order valence-corrected chi connectivity index (χ4v) is 4.81. The molecule has 1 fully saturated rings. The molecule has 1 saturated carbocycles. The topological polar surface area (TPSA) is 46.2 Å². The van der Waals surface area contributed by atoms with E-state index in [0.29, 0.717) is 10.8 Å². The molecule has 0 spiro atoms. The molecule has 0 heterocycles. The molecule has 2 aliphatic rings. The summed E-state index contributed by atoms with van der Waals surface area (Å²) in [4.78, 5) is 0.442. The Hall–Kier alpha value is -0.870. The van der Waals surface area contributed by atoms with Crippen LogP contribution in [-0.4, -0.2) is 14.5 Å². The Morgan fingerprint density at radius 2 is 1.85 bits per heavy atom.